The lowest BCUT2D eigenvalue weighted by molar-refractivity contribution is -0.124. The summed E-state index contributed by atoms with van der Waals surface area (Å²) in [5, 5.41) is 10.8. The van der Waals surface area contributed by atoms with Crippen molar-refractivity contribution in [2.45, 2.75) is 45.7 Å². The normalized spacial score (nSPS) is 17.2. The van der Waals surface area contributed by atoms with Crippen LogP contribution in [0.4, 0.5) is 10.5 Å². The van der Waals surface area contributed by atoms with E-state index in [-0.39, 0.29) is 23.9 Å². The van der Waals surface area contributed by atoms with Crippen LogP contribution in [0.1, 0.15) is 44.5 Å². The van der Waals surface area contributed by atoms with Gasteiger partial charge in [-0.15, -0.1) is 11.3 Å². The average molecular weight is 443 g/mol. The fourth-order valence-corrected chi connectivity index (χ4v) is 4.76. The summed E-state index contributed by atoms with van der Waals surface area (Å²) in [5.41, 5.74) is 0.694. The molecule has 0 unspecified atom stereocenters. The third kappa shape index (κ3) is 6.80. The molecule has 3 N–H and O–H groups in total. The van der Waals surface area contributed by atoms with Gasteiger partial charge in [0.25, 0.3) is 0 Å². The molecule has 31 heavy (non-hydrogen) atoms. The number of carbonyl (C=O) groups excluding carboxylic acids is 2. The van der Waals surface area contributed by atoms with E-state index in [0.29, 0.717) is 12.2 Å². The summed E-state index contributed by atoms with van der Waals surface area (Å²) in [4.78, 5) is 29.2. The molecular weight excluding hydrogens is 408 g/mol. The molecule has 1 aromatic carbocycles. The molecule has 3 rings (SSSR count). The van der Waals surface area contributed by atoms with Crippen molar-refractivity contribution in [1.82, 2.24) is 15.5 Å². The molecule has 2 aromatic rings. The van der Waals surface area contributed by atoms with Gasteiger partial charge in [-0.1, -0.05) is 45.0 Å². The number of rotatable bonds is 8. The summed E-state index contributed by atoms with van der Waals surface area (Å²) in [6.07, 6.45) is 2.37. The van der Waals surface area contributed by atoms with Crippen LogP contribution in [-0.4, -0.2) is 42.5 Å². The second-order valence-electron chi connectivity index (χ2n) is 8.68. The Morgan fingerprint density at radius 3 is 2.42 bits per heavy atom. The number of urea groups is 1. The van der Waals surface area contributed by atoms with Gasteiger partial charge in [-0.2, -0.15) is 0 Å². The Morgan fingerprint density at radius 1 is 1.10 bits per heavy atom. The Hall–Kier alpha value is -2.38. The fourth-order valence-electron chi connectivity index (χ4n) is 3.90. The second kappa shape index (κ2) is 11.3. The van der Waals surface area contributed by atoms with Gasteiger partial charge in [-0.3, -0.25) is 9.69 Å². The van der Waals surface area contributed by atoms with Gasteiger partial charge in [-0.25, -0.2) is 4.79 Å². The summed E-state index contributed by atoms with van der Waals surface area (Å²) in [6, 6.07) is 12.6. The minimum atomic E-state index is -0.603. The summed E-state index contributed by atoms with van der Waals surface area (Å²) in [5.74, 6) is 0.579. The van der Waals surface area contributed by atoms with Gasteiger partial charge in [0.1, 0.15) is 6.04 Å². The predicted molar refractivity (Wildman–Crippen MR) is 127 cm³/mol. The maximum absolute atomic E-state index is 13.0. The lowest BCUT2D eigenvalue weighted by Crippen LogP contribution is -2.52. The topological polar surface area (TPSA) is 73.5 Å². The minimum absolute atomic E-state index is 0.0300. The second-order valence-corrected chi connectivity index (χ2v) is 9.66. The Morgan fingerprint density at radius 2 is 1.81 bits per heavy atom. The molecule has 6 nitrogen and oxygen atoms in total. The van der Waals surface area contributed by atoms with Crippen molar-refractivity contribution in [3.05, 3.63) is 52.7 Å². The number of piperidine rings is 1. The van der Waals surface area contributed by atoms with Gasteiger partial charge in [-0.05, 0) is 61.3 Å². The molecule has 0 bridgehead atoms. The quantitative estimate of drug-likeness (QED) is 0.564. The minimum Gasteiger partial charge on any atom is -0.352 e. The molecule has 7 heteroatoms. The standard InChI is InChI=1S/C24H34N4O2S/c1-17(2)22(27-24(30)26-19-8-5-4-6-9-19)23(29)25-16-20(21-10-7-15-31-21)28-13-11-18(3)12-14-28/h4-10,15,17-18,20,22H,11-14,16H2,1-3H3,(H,25,29)(H2,26,27,30)/t20-,22-/m1/s1. The molecule has 0 aliphatic carbocycles. The number of carbonyl (C=O) groups is 2. The van der Waals surface area contributed by atoms with Crippen molar-refractivity contribution >= 4 is 29.0 Å². The van der Waals surface area contributed by atoms with Crippen molar-refractivity contribution in [2.24, 2.45) is 11.8 Å². The van der Waals surface area contributed by atoms with E-state index in [1.54, 1.807) is 11.3 Å². The van der Waals surface area contributed by atoms with Gasteiger partial charge in [0.05, 0.1) is 6.04 Å². The molecule has 1 aliphatic heterocycles. The highest BCUT2D eigenvalue weighted by atomic mass is 32.1. The van der Waals surface area contributed by atoms with E-state index in [9.17, 15) is 9.59 Å². The number of likely N-dealkylation sites (tertiary alicyclic amines) is 1. The number of thiophene rings is 1. The average Bonchev–Trinajstić information content (AvgIpc) is 3.28. The molecule has 2 atom stereocenters. The summed E-state index contributed by atoms with van der Waals surface area (Å²) < 4.78 is 0. The van der Waals surface area contributed by atoms with Crippen LogP contribution in [0.15, 0.2) is 47.8 Å². The molecular formula is C24H34N4O2S. The summed E-state index contributed by atoms with van der Waals surface area (Å²) in [7, 11) is 0. The number of benzene rings is 1. The zero-order valence-corrected chi connectivity index (χ0v) is 19.5. The van der Waals surface area contributed by atoms with Crippen LogP contribution in [0.2, 0.25) is 0 Å². The first-order valence-corrected chi connectivity index (χ1v) is 12.0. The van der Waals surface area contributed by atoms with Crippen LogP contribution in [-0.2, 0) is 4.79 Å². The van der Waals surface area contributed by atoms with Gasteiger partial charge >= 0.3 is 6.03 Å². The predicted octanol–water partition coefficient (Wildman–Crippen LogP) is 4.48. The summed E-state index contributed by atoms with van der Waals surface area (Å²) in [6.45, 7) is 8.82. The van der Waals surface area contributed by atoms with Crippen molar-refractivity contribution < 1.29 is 9.59 Å². The van der Waals surface area contributed by atoms with Crippen LogP contribution in [0.25, 0.3) is 0 Å². The van der Waals surface area contributed by atoms with Gasteiger partial charge in [0.2, 0.25) is 5.91 Å². The summed E-state index contributed by atoms with van der Waals surface area (Å²) >= 11 is 1.73. The molecule has 0 saturated carbocycles. The highest BCUT2D eigenvalue weighted by molar-refractivity contribution is 7.10. The van der Waals surface area contributed by atoms with Crippen molar-refractivity contribution in [2.75, 3.05) is 25.0 Å². The number of anilines is 1. The Balaban J connectivity index is 1.60. The van der Waals surface area contributed by atoms with Gasteiger partial charge < -0.3 is 16.0 Å². The molecule has 168 valence electrons. The largest absolute Gasteiger partial charge is 0.352 e. The Bertz CT molecular complexity index is 817. The molecule has 0 spiro atoms. The zero-order chi connectivity index (χ0) is 22.2. The molecule has 1 aliphatic rings. The number of amides is 3. The van der Waals surface area contributed by atoms with Crippen molar-refractivity contribution in [3.8, 4) is 0 Å². The zero-order valence-electron chi connectivity index (χ0n) is 18.6. The number of para-hydroxylation sites is 1. The first-order valence-electron chi connectivity index (χ1n) is 11.1. The van der Waals surface area contributed by atoms with Crippen LogP contribution in [0.3, 0.4) is 0 Å². The number of nitrogens with zero attached hydrogens (tertiary/aromatic N) is 1. The molecule has 1 saturated heterocycles. The maximum Gasteiger partial charge on any atom is 0.319 e. The number of hydrogen-bond acceptors (Lipinski definition) is 4. The molecule has 3 amide bonds. The third-order valence-corrected chi connectivity index (χ3v) is 6.84. The lowest BCUT2D eigenvalue weighted by atomic mass is 9.97. The van der Waals surface area contributed by atoms with Crippen LogP contribution >= 0.6 is 11.3 Å². The first kappa shape index (κ1) is 23.3. The van der Waals surface area contributed by atoms with E-state index in [1.165, 1.54) is 17.7 Å². The van der Waals surface area contributed by atoms with E-state index in [4.69, 9.17) is 0 Å². The van der Waals surface area contributed by atoms with Crippen molar-refractivity contribution in [3.63, 3.8) is 0 Å². The Kier molecular flexibility index (Phi) is 8.49. The lowest BCUT2D eigenvalue weighted by Gasteiger charge is -2.36. The monoisotopic (exact) mass is 442 g/mol. The van der Waals surface area contributed by atoms with Gasteiger partial charge in [0.15, 0.2) is 0 Å². The van der Waals surface area contributed by atoms with Crippen LogP contribution < -0.4 is 16.0 Å². The van der Waals surface area contributed by atoms with E-state index < -0.39 is 6.04 Å². The number of nitrogens with one attached hydrogen (secondary N) is 3. The smallest absolute Gasteiger partial charge is 0.319 e. The van der Waals surface area contributed by atoms with Crippen molar-refractivity contribution in [1.29, 1.82) is 0 Å². The SMILES string of the molecule is CC1CCN([C@H](CNC(=O)[C@H](NC(=O)Nc2ccccc2)C(C)C)c2cccs2)CC1. The first-order chi connectivity index (χ1) is 14.9. The highest BCUT2D eigenvalue weighted by Crippen LogP contribution is 2.29. The van der Waals surface area contributed by atoms with E-state index in [2.05, 4.69) is 45.3 Å². The fraction of sp³-hybridized carbons (Fsp3) is 0.500. The van der Waals surface area contributed by atoms with Crippen LogP contribution in [0, 0.1) is 11.8 Å². The van der Waals surface area contributed by atoms with E-state index in [1.807, 2.05) is 44.2 Å². The molecule has 2 heterocycles. The molecule has 1 aromatic heterocycles. The highest BCUT2D eigenvalue weighted by Gasteiger charge is 2.28. The van der Waals surface area contributed by atoms with Gasteiger partial charge in [0, 0.05) is 17.1 Å². The van der Waals surface area contributed by atoms with E-state index >= 15 is 0 Å². The maximum atomic E-state index is 13.0. The van der Waals surface area contributed by atoms with E-state index in [0.717, 1.165) is 19.0 Å². The third-order valence-electron chi connectivity index (χ3n) is 5.87. The molecule has 1 fully saturated rings. The molecule has 0 radical (unpaired) electrons. The number of hydrogen-bond donors (Lipinski definition) is 3. The van der Waals surface area contributed by atoms with Crippen LogP contribution in [0.5, 0.6) is 0 Å². The Labute approximate surface area is 189 Å².